The molecule has 1 aliphatic carbocycles. The molecule has 0 aromatic rings. The lowest BCUT2D eigenvalue weighted by atomic mass is 9.76. The minimum Gasteiger partial charge on any atom is -0.356 e. The van der Waals surface area contributed by atoms with Crippen molar-refractivity contribution in [3.05, 3.63) is 0 Å². The minimum atomic E-state index is 0.249. The second kappa shape index (κ2) is 7.28. The predicted molar refractivity (Wildman–Crippen MR) is 79.1 cm³/mol. The summed E-state index contributed by atoms with van der Waals surface area (Å²) in [6, 6.07) is 0.574. The molecule has 1 amide bonds. The average Bonchev–Trinajstić information content (AvgIpc) is 2.45. The van der Waals surface area contributed by atoms with Gasteiger partial charge in [-0.1, -0.05) is 32.6 Å². The Balaban J connectivity index is 1.61. The number of amides is 1. The Morgan fingerprint density at radius 2 is 2.00 bits per heavy atom. The van der Waals surface area contributed by atoms with E-state index in [1.165, 1.54) is 51.4 Å². The normalized spacial score (nSPS) is 26.9. The van der Waals surface area contributed by atoms with Crippen molar-refractivity contribution in [3.63, 3.8) is 0 Å². The van der Waals surface area contributed by atoms with E-state index in [0.29, 0.717) is 17.9 Å². The molecule has 3 heteroatoms. The summed E-state index contributed by atoms with van der Waals surface area (Å²) in [5, 5.41) is 6.67. The van der Waals surface area contributed by atoms with Crippen LogP contribution in [0.15, 0.2) is 0 Å². The van der Waals surface area contributed by atoms with E-state index < -0.39 is 0 Å². The molecule has 1 saturated heterocycles. The fraction of sp³-hybridized carbons (Fsp3) is 0.938. The van der Waals surface area contributed by atoms with Gasteiger partial charge >= 0.3 is 0 Å². The molecular weight excluding hydrogens is 236 g/mol. The van der Waals surface area contributed by atoms with Crippen LogP contribution in [0.25, 0.3) is 0 Å². The standard InChI is InChI=1S/C16H30N2O/c1-16(10-4-2-5-11-16)13-18-15(19)9-8-14-7-3-6-12-17-14/h14,17H,2-13H2,1H3,(H,18,19). The number of nitrogens with one attached hydrogen (secondary N) is 2. The number of hydrogen-bond acceptors (Lipinski definition) is 2. The van der Waals surface area contributed by atoms with Gasteiger partial charge in [0.1, 0.15) is 0 Å². The minimum absolute atomic E-state index is 0.249. The zero-order valence-corrected chi connectivity index (χ0v) is 12.5. The van der Waals surface area contributed by atoms with Crippen LogP contribution in [0, 0.1) is 5.41 Å². The van der Waals surface area contributed by atoms with E-state index in [1.54, 1.807) is 0 Å². The molecule has 2 aliphatic rings. The van der Waals surface area contributed by atoms with Crippen LogP contribution in [0.1, 0.15) is 71.1 Å². The van der Waals surface area contributed by atoms with Crippen LogP contribution in [0.5, 0.6) is 0 Å². The predicted octanol–water partition coefficient (Wildman–Crippen LogP) is 3.00. The Morgan fingerprint density at radius 3 is 2.68 bits per heavy atom. The van der Waals surface area contributed by atoms with E-state index >= 15 is 0 Å². The Hall–Kier alpha value is -0.570. The van der Waals surface area contributed by atoms with E-state index in [9.17, 15) is 4.79 Å². The number of carbonyl (C=O) groups is 1. The summed E-state index contributed by atoms with van der Waals surface area (Å²) in [7, 11) is 0. The SMILES string of the molecule is CC1(CNC(=O)CCC2CCCCN2)CCCCC1. The Morgan fingerprint density at radius 1 is 1.21 bits per heavy atom. The third kappa shape index (κ3) is 5.13. The van der Waals surface area contributed by atoms with Gasteiger partial charge in [-0.05, 0) is 44.1 Å². The average molecular weight is 266 g/mol. The molecule has 110 valence electrons. The lowest BCUT2D eigenvalue weighted by Crippen LogP contribution is -2.38. The number of hydrogen-bond donors (Lipinski definition) is 2. The molecular formula is C16H30N2O. The summed E-state index contributed by atoms with van der Waals surface area (Å²) in [4.78, 5) is 11.9. The van der Waals surface area contributed by atoms with Gasteiger partial charge < -0.3 is 10.6 Å². The van der Waals surface area contributed by atoms with Gasteiger partial charge in [0.2, 0.25) is 5.91 Å². The second-order valence-electron chi connectivity index (χ2n) is 6.83. The first kappa shape index (κ1) is 14.8. The van der Waals surface area contributed by atoms with Gasteiger partial charge in [0.05, 0.1) is 0 Å². The highest BCUT2D eigenvalue weighted by Gasteiger charge is 2.27. The van der Waals surface area contributed by atoms with Gasteiger partial charge in [0.15, 0.2) is 0 Å². The summed E-state index contributed by atoms with van der Waals surface area (Å²) >= 11 is 0. The molecule has 0 aromatic heterocycles. The molecule has 0 radical (unpaired) electrons. The molecule has 1 saturated carbocycles. The van der Waals surface area contributed by atoms with Crippen LogP contribution in [-0.2, 0) is 4.79 Å². The molecule has 1 unspecified atom stereocenters. The van der Waals surface area contributed by atoms with E-state index in [4.69, 9.17) is 0 Å². The van der Waals surface area contributed by atoms with E-state index in [1.807, 2.05) is 0 Å². The largest absolute Gasteiger partial charge is 0.356 e. The molecule has 19 heavy (non-hydrogen) atoms. The van der Waals surface area contributed by atoms with Crippen molar-refractivity contribution < 1.29 is 4.79 Å². The van der Waals surface area contributed by atoms with Gasteiger partial charge in [0, 0.05) is 19.0 Å². The fourth-order valence-electron chi connectivity index (χ4n) is 3.46. The van der Waals surface area contributed by atoms with E-state index in [0.717, 1.165) is 19.5 Å². The van der Waals surface area contributed by atoms with E-state index in [-0.39, 0.29) is 5.91 Å². The first-order valence-electron chi connectivity index (χ1n) is 8.18. The monoisotopic (exact) mass is 266 g/mol. The molecule has 0 bridgehead atoms. The molecule has 1 atom stereocenters. The zero-order chi connectivity index (χ0) is 13.6. The molecule has 2 fully saturated rings. The van der Waals surface area contributed by atoms with Crippen molar-refractivity contribution in [2.45, 2.75) is 77.2 Å². The molecule has 1 aliphatic heterocycles. The number of piperidine rings is 1. The number of carbonyl (C=O) groups excluding carboxylic acids is 1. The quantitative estimate of drug-likeness (QED) is 0.803. The van der Waals surface area contributed by atoms with Gasteiger partial charge in [-0.3, -0.25) is 4.79 Å². The highest BCUT2D eigenvalue weighted by molar-refractivity contribution is 5.75. The summed E-state index contributed by atoms with van der Waals surface area (Å²) < 4.78 is 0. The number of rotatable bonds is 5. The highest BCUT2D eigenvalue weighted by atomic mass is 16.1. The van der Waals surface area contributed by atoms with Gasteiger partial charge in [-0.15, -0.1) is 0 Å². The first-order valence-corrected chi connectivity index (χ1v) is 8.18. The maximum atomic E-state index is 11.9. The van der Waals surface area contributed by atoms with Crippen molar-refractivity contribution >= 4 is 5.91 Å². The van der Waals surface area contributed by atoms with Crippen LogP contribution in [-0.4, -0.2) is 25.0 Å². The maximum absolute atomic E-state index is 11.9. The molecule has 3 nitrogen and oxygen atoms in total. The van der Waals surface area contributed by atoms with Crippen molar-refractivity contribution in [3.8, 4) is 0 Å². The molecule has 2 N–H and O–H groups in total. The third-order valence-electron chi connectivity index (χ3n) is 4.91. The molecule has 0 spiro atoms. The van der Waals surface area contributed by atoms with Gasteiger partial charge in [0.25, 0.3) is 0 Å². The maximum Gasteiger partial charge on any atom is 0.220 e. The summed E-state index contributed by atoms with van der Waals surface area (Å²) in [5.74, 6) is 0.249. The molecule has 0 aromatic carbocycles. The first-order chi connectivity index (χ1) is 9.18. The Bertz CT molecular complexity index is 278. The van der Waals surface area contributed by atoms with Crippen LogP contribution in [0.4, 0.5) is 0 Å². The lowest BCUT2D eigenvalue weighted by molar-refractivity contribution is -0.121. The summed E-state index contributed by atoms with van der Waals surface area (Å²) in [6.45, 7) is 4.34. The Labute approximate surface area is 117 Å². The van der Waals surface area contributed by atoms with Crippen molar-refractivity contribution in [1.29, 1.82) is 0 Å². The second-order valence-corrected chi connectivity index (χ2v) is 6.83. The smallest absolute Gasteiger partial charge is 0.220 e. The third-order valence-corrected chi connectivity index (χ3v) is 4.91. The van der Waals surface area contributed by atoms with Crippen molar-refractivity contribution in [2.75, 3.05) is 13.1 Å². The zero-order valence-electron chi connectivity index (χ0n) is 12.5. The van der Waals surface area contributed by atoms with Crippen LogP contribution in [0.2, 0.25) is 0 Å². The van der Waals surface area contributed by atoms with Gasteiger partial charge in [-0.25, -0.2) is 0 Å². The Kier molecular flexibility index (Phi) is 5.68. The lowest BCUT2D eigenvalue weighted by Gasteiger charge is -2.33. The molecule has 1 heterocycles. The molecule has 2 rings (SSSR count). The van der Waals surface area contributed by atoms with Gasteiger partial charge in [-0.2, -0.15) is 0 Å². The fourth-order valence-corrected chi connectivity index (χ4v) is 3.46. The summed E-state index contributed by atoms with van der Waals surface area (Å²) in [5.41, 5.74) is 0.358. The van der Waals surface area contributed by atoms with Crippen LogP contribution in [0.3, 0.4) is 0 Å². The summed E-state index contributed by atoms with van der Waals surface area (Å²) in [6.07, 6.45) is 12.1. The van der Waals surface area contributed by atoms with Crippen molar-refractivity contribution in [1.82, 2.24) is 10.6 Å². The van der Waals surface area contributed by atoms with Crippen molar-refractivity contribution in [2.24, 2.45) is 5.41 Å². The highest BCUT2D eigenvalue weighted by Crippen LogP contribution is 2.34. The van der Waals surface area contributed by atoms with Crippen LogP contribution >= 0.6 is 0 Å². The topological polar surface area (TPSA) is 41.1 Å². The van der Waals surface area contributed by atoms with Crippen LogP contribution < -0.4 is 10.6 Å². The van der Waals surface area contributed by atoms with E-state index in [2.05, 4.69) is 17.6 Å².